The lowest BCUT2D eigenvalue weighted by atomic mass is 10.2. The number of halogens is 2. The van der Waals surface area contributed by atoms with E-state index < -0.39 is 0 Å². The zero-order chi connectivity index (χ0) is 14.4. The molecular weight excluding hydrogens is 386 g/mol. The Morgan fingerprint density at radius 2 is 1.90 bits per heavy atom. The molecule has 2 aromatic rings. The number of nitrogens with one attached hydrogen (secondary N) is 1. The third kappa shape index (κ3) is 4.35. The molecule has 0 radical (unpaired) electrons. The van der Waals surface area contributed by atoms with E-state index in [0.717, 1.165) is 14.7 Å². The van der Waals surface area contributed by atoms with Gasteiger partial charge in [-0.3, -0.25) is 4.79 Å². The van der Waals surface area contributed by atoms with E-state index >= 15 is 0 Å². The summed E-state index contributed by atoms with van der Waals surface area (Å²) < 4.78 is 7.36. The second-order valence-electron chi connectivity index (χ2n) is 4.05. The Morgan fingerprint density at radius 3 is 2.65 bits per heavy atom. The minimum absolute atomic E-state index is 0.109. The van der Waals surface area contributed by atoms with Crippen LogP contribution in [0.3, 0.4) is 0 Å². The molecule has 2 aromatic carbocycles. The van der Waals surface area contributed by atoms with Gasteiger partial charge in [0.1, 0.15) is 12.4 Å². The SMILES string of the molecule is O=C(NCCOc1ccccc1Br)c1cccc(Br)c1. The maximum Gasteiger partial charge on any atom is 0.251 e. The molecular formula is C15H13Br2NO2. The molecule has 0 spiro atoms. The monoisotopic (exact) mass is 397 g/mol. The first-order chi connectivity index (χ1) is 9.66. The van der Waals surface area contributed by atoms with Gasteiger partial charge in [-0.15, -0.1) is 0 Å². The van der Waals surface area contributed by atoms with Gasteiger partial charge < -0.3 is 10.1 Å². The van der Waals surface area contributed by atoms with Gasteiger partial charge in [-0.05, 0) is 46.3 Å². The highest BCUT2D eigenvalue weighted by Gasteiger charge is 2.05. The number of carbonyl (C=O) groups excluding carboxylic acids is 1. The van der Waals surface area contributed by atoms with E-state index in [2.05, 4.69) is 37.2 Å². The Hall–Kier alpha value is -1.33. The van der Waals surface area contributed by atoms with Crippen molar-refractivity contribution in [3.8, 4) is 5.75 Å². The maximum atomic E-state index is 11.9. The van der Waals surface area contributed by atoms with Gasteiger partial charge in [0, 0.05) is 10.0 Å². The Balaban J connectivity index is 1.79. The molecule has 0 aliphatic rings. The normalized spacial score (nSPS) is 10.1. The van der Waals surface area contributed by atoms with E-state index in [0.29, 0.717) is 18.7 Å². The fourth-order valence-corrected chi connectivity index (χ4v) is 2.42. The van der Waals surface area contributed by atoms with Crippen LogP contribution in [0.15, 0.2) is 57.5 Å². The molecule has 0 aliphatic carbocycles. The molecule has 0 saturated carbocycles. The van der Waals surface area contributed by atoms with E-state index in [9.17, 15) is 4.79 Å². The third-order valence-electron chi connectivity index (χ3n) is 2.57. The van der Waals surface area contributed by atoms with Crippen LogP contribution >= 0.6 is 31.9 Å². The van der Waals surface area contributed by atoms with Crippen molar-refractivity contribution >= 4 is 37.8 Å². The highest BCUT2D eigenvalue weighted by molar-refractivity contribution is 9.10. The van der Waals surface area contributed by atoms with E-state index in [1.807, 2.05) is 36.4 Å². The van der Waals surface area contributed by atoms with Crippen LogP contribution in [0.25, 0.3) is 0 Å². The Bertz CT molecular complexity index is 602. The van der Waals surface area contributed by atoms with Crippen molar-refractivity contribution in [2.75, 3.05) is 13.2 Å². The van der Waals surface area contributed by atoms with Gasteiger partial charge in [-0.25, -0.2) is 0 Å². The van der Waals surface area contributed by atoms with Gasteiger partial charge in [0.25, 0.3) is 5.91 Å². The van der Waals surface area contributed by atoms with Crippen molar-refractivity contribution in [2.45, 2.75) is 0 Å². The molecule has 0 aromatic heterocycles. The quantitative estimate of drug-likeness (QED) is 0.772. The fourth-order valence-electron chi connectivity index (χ4n) is 1.62. The van der Waals surface area contributed by atoms with Crippen molar-refractivity contribution in [3.63, 3.8) is 0 Å². The smallest absolute Gasteiger partial charge is 0.251 e. The summed E-state index contributed by atoms with van der Waals surface area (Å²) >= 11 is 6.75. The van der Waals surface area contributed by atoms with Gasteiger partial charge in [-0.2, -0.15) is 0 Å². The second kappa shape index (κ2) is 7.45. The summed E-state index contributed by atoms with van der Waals surface area (Å²) in [7, 11) is 0. The van der Waals surface area contributed by atoms with Crippen molar-refractivity contribution < 1.29 is 9.53 Å². The zero-order valence-electron chi connectivity index (χ0n) is 10.6. The predicted octanol–water partition coefficient (Wildman–Crippen LogP) is 4.02. The molecule has 0 saturated heterocycles. The number of benzene rings is 2. The number of ether oxygens (including phenoxy) is 1. The predicted molar refractivity (Wildman–Crippen MR) is 86.1 cm³/mol. The van der Waals surface area contributed by atoms with Crippen LogP contribution in [0.4, 0.5) is 0 Å². The first-order valence-electron chi connectivity index (χ1n) is 6.08. The van der Waals surface area contributed by atoms with Gasteiger partial charge in [0.2, 0.25) is 0 Å². The summed E-state index contributed by atoms with van der Waals surface area (Å²) in [4.78, 5) is 11.9. The van der Waals surface area contributed by atoms with Crippen LogP contribution < -0.4 is 10.1 Å². The number of rotatable bonds is 5. The van der Waals surface area contributed by atoms with Gasteiger partial charge in [-0.1, -0.05) is 34.1 Å². The summed E-state index contributed by atoms with van der Waals surface area (Å²) in [5.74, 6) is 0.659. The standard InChI is InChI=1S/C15H13Br2NO2/c16-12-5-3-4-11(10-12)15(19)18-8-9-20-14-7-2-1-6-13(14)17/h1-7,10H,8-9H2,(H,18,19). The van der Waals surface area contributed by atoms with Crippen molar-refractivity contribution in [1.82, 2.24) is 5.32 Å². The molecule has 20 heavy (non-hydrogen) atoms. The largest absolute Gasteiger partial charge is 0.491 e. The van der Waals surface area contributed by atoms with Crippen molar-refractivity contribution in [1.29, 1.82) is 0 Å². The molecule has 2 rings (SSSR count). The van der Waals surface area contributed by atoms with Gasteiger partial charge in [0.15, 0.2) is 0 Å². The molecule has 0 atom stereocenters. The summed E-state index contributed by atoms with van der Waals surface area (Å²) in [6.07, 6.45) is 0. The molecule has 1 amide bonds. The van der Waals surface area contributed by atoms with E-state index in [1.165, 1.54) is 0 Å². The highest BCUT2D eigenvalue weighted by atomic mass is 79.9. The molecule has 5 heteroatoms. The molecule has 0 fully saturated rings. The molecule has 3 nitrogen and oxygen atoms in total. The molecule has 1 N–H and O–H groups in total. The van der Waals surface area contributed by atoms with E-state index in [4.69, 9.17) is 4.74 Å². The lowest BCUT2D eigenvalue weighted by molar-refractivity contribution is 0.0947. The van der Waals surface area contributed by atoms with E-state index in [-0.39, 0.29) is 5.91 Å². The first-order valence-corrected chi connectivity index (χ1v) is 7.66. The third-order valence-corrected chi connectivity index (χ3v) is 3.72. The molecule has 104 valence electrons. The number of amides is 1. The number of hydrogen-bond donors (Lipinski definition) is 1. The number of para-hydroxylation sites is 1. The summed E-state index contributed by atoms with van der Waals surface area (Å²) in [6.45, 7) is 0.870. The number of hydrogen-bond acceptors (Lipinski definition) is 2. The molecule has 0 unspecified atom stereocenters. The Kier molecular flexibility index (Phi) is 5.61. The van der Waals surface area contributed by atoms with Gasteiger partial charge in [0.05, 0.1) is 11.0 Å². The summed E-state index contributed by atoms with van der Waals surface area (Å²) in [5.41, 5.74) is 0.625. The van der Waals surface area contributed by atoms with Crippen LogP contribution in [-0.2, 0) is 0 Å². The lowest BCUT2D eigenvalue weighted by Crippen LogP contribution is -2.28. The van der Waals surface area contributed by atoms with Crippen molar-refractivity contribution in [3.05, 3.63) is 63.0 Å². The van der Waals surface area contributed by atoms with Crippen molar-refractivity contribution in [2.24, 2.45) is 0 Å². The zero-order valence-corrected chi connectivity index (χ0v) is 13.8. The molecule has 0 aliphatic heterocycles. The maximum absolute atomic E-state index is 11.9. The van der Waals surface area contributed by atoms with E-state index in [1.54, 1.807) is 12.1 Å². The average molecular weight is 399 g/mol. The number of carbonyl (C=O) groups is 1. The lowest BCUT2D eigenvalue weighted by Gasteiger charge is -2.09. The first kappa shape index (κ1) is 15.1. The van der Waals surface area contributed by atoms with Gasteiger partial charge >= 0.3 is 0 Å². The average Bonchev–Trinajstić information content (AvgIpc) is 2.45. The van der Waals surface area contributed by atoms with Crippen LogP contribution in [0, 0.1) is 0 Å². The van der Waals surface area contributed by atoms with Crippen LogP contribution in [0.2, 0.25) is 0 Å². The van der Waals surface area contributed by atoms with Crippen LogP contribution in [0.5, 0.6) is 5.75 Å². The van der Waals surface area contributed by atoms with Crippen LogP contribution in [-0.4, -0.2) is 19.1 Å². The summed E-state index contributed by atoms with van der Waals surface area (Å²) in [6, 6.07) is 14.9. The summed E-state index contributed by atoms with van der Waals surface area (Å²) in [5, 5.41) is 2.82. The molecule has 0 bridgehead atoms. The second-order valence-corrected chi connectivity index (χ2v) is 5.82. The topological polar surface area (TPSA) is 38.3 Å². The Morgan fingerprint density at radius 1 is 1.10 bits per heavy atom. The molecule has 0 heterocycles. The Labute approximate surface area is 134 Å². The highest BCUT2D eigenvalue weighted by Crippen LogP contribution is 2.23. The minimum Gasteiger partial charge on any atom is -0.491 e. The van der Waals surface area contributed by atoms with Crippen LogP contribution in [0.1, 0.15) is 10.4 Å². The fraction of sp³-hybridized carbons (Fsp3) is 0.133. The minimum atomic E-state index is -0.109.